The molecule has 1 saturated heterocycles. The fourth-order valence-electron chi connectivity index (χ4n) is 3.94. The molecular formula is C17H27N2O2+. The summed E-state index contributed by atoms with van der Waals surface area (Å²) < 4.78 is 0. The van der Waals surface area contributed by atoms with Crippen LogP contribution in [0.3, 0.4) is 0 Å². The lowest BCUT2D eigenvalue weighted by molar-refractivity contribution is -0.903. The molecule has 0 unspecified atom stereocenters. The van der Waals surface area contributed by atoms with Gasteiger partial charge >= 0.3 is 0 Å². The van der Waals surface area contributed by atoms with Gasteiger partial charge in [-0.3, -0.25) is 9.59 Å². The van der Waals surface area contributed by atoms with Crippen LogP contribution >= 0.6 is 0 Å². The first-order valence-corrected chi connectivity index (χ1v) is 7.86. The number of piperidine rings is 1. The van der Waals surface area contributed by atoms with E-state index in [-0.39, 0.29) is 11.6 Å². The Labute approximate surface area is 126 Å². The summed E-state index contributed by atoms with van der Waals surface area (Å²) in [4.78, 5) is 28.7. The first-order valence-electron chi connectivity index (χ1n) is 7.86. The number of Topliss-reactive ketones (excluding diaryl/α,β-unsaturated/α-hetero) is 2. The topological polar surface area (TPSA) is 54.4 Å². The molecule has 1 aromatic rings. The minimum Gasteiger partial charge on any atom is -0.355 e. The first-order chi connectivity index (χ1) is 9.79. The van der Waals surface area contributed by atoms with E-state index in [9.17, 15) is 9.59 Å². The summed E-state index contributed by atoms with van der Waals surface area (Å²) in [6.07, 6.45) is 1.26. The van der Waals surface area contributed by atoms with Crippen molar-refractivity contribution in [2.75, 3.05) is 19.6 Å². The van der Waals surface area contributed by atoms with Gasteiger partial charge in [-0.25, -0.2) is 0 Å². The molecule has 1 aliphatic rings. The number of aromatic amines is 1. The molecule has 2 heterocycles. The molecule has 116 valence electrons. The number of carbonyl (C=O) groups is 2. The Kier molecular flexibility index (Phi) is 4.67. The highest BCUT2D eigenvalue weighted by Gasteiger charge is 2.28. The quantitative estimate of drug-likeness (QED) is 0.828. The number of rotatable bonds is 4. The van der Waals surface area contributed by atoms with Crippen LogP contribution in [0.15, 0.2) is 0 Å². The van der Waals surface area contributed by atoms with E-state index < -0.39 is 0 Å². The van der Waals surface area contributed by atoms with Crippen molar-refractivity contribution in [3.8, 4) is 0 Å². The van der Waals surface area contributed by atoms with Gasteiger partial charge in [-0.15, -0.1) is 0 Å². The molecule has 21 heavy (non-hydrogen) atoms. The lowest BCUT2D eigenvalue weighted by Gasteiger charge is -2.31. The molecule has 2 N–H and O–H groups in total. The number of hydrogen-bond donors (Lipinski definition) is 2. The fraction of sp³-hybridized carbons (Fsp3) is 0.647. The standard InChI is InChI=1S/C17H26N2O2/c1-10-6-11(2)8-19(7-10)9-15(21)17-12(3)16(14(5)20)13(4)18-17/h10-11,18H,6-9H2,1-5H3/p+1/t10-,11-/m1/s1. The van der Waals surface area contributed by atoms with Gasteiger partial charge in [0.1, 0.15) is 6.54 Å². The van der Waals surface area contributed by atoms with Gasteiger partial charge in [-0.05, 0) is 32.8 Å². The summed E-state index contributed by atoms with van der Waals surface area (Å²) in [5.41, 5.74) is 2.91. The molecule has 1 aromatic heterocycles. The van der Waals surface area contributed by atoms with Crippen molar-refractivity contribution in [1.82, 2.24) is 4.98 Å². The average Bonchev–Trinajstić information content (AvgIpc) is 2.63. The molecule has 2 rings (SSSR count). The van der Waals surface area contributed by atoms with E-state index in [4.69, 9.17) is 0 Å². The van der Waals surface area contributed by atoms with E-state index in [1.165, 1.54) is 11.3 Å². The van der Waals surface area contributed by atoms with Gasteiger partial charge in [0.25, 0.3) is 0 Å². The van der Waals surface area contributed by atoms with Crippen molar-refractivity contribution in [3.63, 3.8) is 0 Å². The van der Waals surface area contributed by atoms with E-state index >= 15 is 0 Å². The fourth-order valence-corrected chi connectivity index (χ4v) is 3.94. The molecule has 0 radical (unpaired) electrons. The van der Waals surface area contributed by atoms with Gasteiger partial charge in [0.15, 0.2) is 5.78 Å². The zero-order chi connectivity index (χ0) is 15.7. The summed E-state index contributed by atoms with van der Waals surface area (Å²) >= 11 is 0. The first kappa shape index (κ1) is 16.0. The maximum absolute atomic E-state index is 12.6. The van der Waals surface area contributed by atoms with Crippen LogP contribution in [0.1, 0.15) is 59.3 Å². The zero-order valence-corrected chi connectivity index (χ0v) is 13.8. The van der Waals surface area contributed by atoms with Gasteiger partial charge in [0.05, 0.1) is 18.8 Å². The minimum atomic E-state index is 0.0212. The Balaban J connectivity index is 2.14. The number of carbonyl (C=O) groups excluding carboxylic acids is 2. The van der Waals surface area contributed by atoms with E-state index in [1.54, 1.807) is 6.92 Å². The molecule has 0 saturated carbocycles. The van der Waals surface area contributed by atoms with Gasteiger partial charge in [0, 0.05) is 23.1 Å². The van der Waals surface area contributed by atoms with Crippen LogP contribution in [0.25, 0.3) is 0 Å². The summed E-state index contributed by atoms with van der Waals surface area (Å²) in [7, 11) is 0. The lowest BCUT2D eigenvalue weighted by atomic mass is 9.91. The number of nitrogens with one attached hydrogen (secondary N) is 2. The molecule has 0 amide bonds. The number of hydrogen-bond acceptors (Lipinski definition) is 2. The van der Waals surface area contributed by atoms with E-state index in [0.29, 0.717) is 29.6 Å². The number of aromatic nitrogens is 1. The third-order valence-electron chi connectivity index (χ3n) is 4.56. The molecule has 1 fully saturated rings. The van der Waals surface area contributed by atoms with Crippen LogP contribution in [0, 0.1) is 25.7 Å². The summed E-state index contributed by atoms with van der Waals surface area (Å²) in [6.45, 7) is 12.4. The van der Waals surface area contributed by atoms with Gasteiger partial charge in [-0.2, -0.15) is 0 Å². The van der Waals surface area contributed by atoms with Crippen LogP contribution in [-0.2, 0) is 0 Å². The van der Waals surface area contributed by atoms with E-state index in [1.807, 2.05) is 13.8 Å². The Morgan fingerprint density at radius 3 is 2.24 bits per heavy atom. The van der Waals surface area contributed by atoms with E-state index in [0.717, 1.165) is 24.3 Å². The molecule has 0 spiro atoms. The summed E-state index contributed by atoms with van der Waals surface area (Å²) in [5.74, 6) is 1.50. The second kappa shape index (κ2) is 6.14. The number of likely N-dealkylation sites (tertiary alicyclic amines) is 1. The highest BCUT2D eigenvalue weighted by Crippen LogP contribution is 2.19. The number of ketones is 2. The molecule has 4 heteroatoms. The minimum absolute atomic E-state index is 0.0212. The molecule has 4 nitrogen and oxygen atoms in total. The van der Waals surface area contributed by atoms with Gasteiger partial charge in [-0.1, -0.05) is 13.8 Å². The highest BCUT2D eigenvalue weighted by atomic mass is 16.1. The van der Waals surface area contributed by atoms with Crippen molar-refractivity contribution in [2.24, 2.45) is 11.8 Å². The monoisotopic (exact) mass is 291 g/mol. The summed E-state index contributed by atoms with van der Waals surface area (Å²) in [5, 5.41) is 0. The molecule has 1 aliphatic heterocycles. The highest BCUT2D eigenvalue weighted by molar-refractivity contribution is 6.03. The van der Waals surface area contributed by atoms with Gasteiger partial charge in [0.2, 0.25) is 5.78 Å². The zero-order valence-electron chi connectivity index (χ0n) is 13.8. The van der Waals surface area contributed by atoms with Crippen LogP contribution in [-0.4, -0.2) is 36.2 Å². The summed E-state index contributed by atoms with van der Waals surface area (Å²) in [6, 6.07) is 0. The smallest absolute Gasteiger partial charge is 0.233 e. The van der Waals surface area contributed by atoms with Gasteiger partial charge < -0.3 is 9.88 Å². The van der Waals surface area contributed by atoms with Crippen molar-refractivity contribution < 1.29 is 14.5 Å². The van der Waals surface area contributed by atoms with Crippen molar-refractivity contribution in [2.45, 2.75) is 41.0 Å². The second-order valence-corrected chi connectivity index (χ2v) is 6.89. The third kappa shape index (κ3) is 3.43. The third-order valence-corrected chi connectivity index (χ3v) is 4.56. The van der Waals surface area contributed by atoms with Crippen LogP contribution in [0.4, 0.5) is 0 Å². The van der Waals surface area contributed by atoms with E-state index in [2.05, 4.69) is 18.8 Å². The maximum Gasteiger partial charge on any atom is 0.233 e. The molecule has 0 bridgehead atoms. The second-order valence-electron chi connectivity index (χ2n) is 6.89. The number of quaternary nitrogens is 1. The maximum atomic E-state index is 12.6. The predicted molar refractivity (Wildman–Crippen MR) is 83.1 cm³/mol. The molecule has 2 atom stereocenters. The van der Waals surface area contributed by atoms with Crippen LogP contribution in [0.2, 0.25) is 0 Å². The largest absolute Gasteiger partial charge is 0.355 e. The number of H-pyrrole nitrogens is 1. The number of aryl methyl sites for hydroxylation is 1. The van der Waals surface area contributed by atoms with Crippen molar-refractivity contribution in [3.05, 3.63) is 22.5 Å². The van der Waals surface area contributed by atoms with Crippen LogP contribution in [0.5, 0.6) is 0 Å². The normalized spacial score (nSPS) is 25.9. The Hall–Kier alpha value is -1.42. The predicted octanol–water partition coefficient (Wildman–Crippen LogP) is 1.58. The van der Waals surface area contributed by atoms with Crippen molar-refractivity contribution >= 4 is 11.6 Å². The molecule has 0 aromatic carbocycles. The average molecular weight is 291 g/mol. The Morgan fingerprint density at radius 1 is 1.19 bits per heavy atom. The Bertz CT molecular complexity index is 549. The SMILES string of the molecule is CC(=O)c1c(C)[nH]c(C(=O)C[NH+]2C[C@H](C)C[C@@H](C)C2)c1C. The molecule has 0 aliphatic carbocycles. The van der Waals surface area contributed by atoms with Crippen LogP contribution < -0.4 is 4.90 Å². The van der Waals surface area contributed by atoms with Crippen molar-refractivity contribution in [1.29, 1.82) is 0 Å². The molecular weight excluding hydrogens is 264 g/mol. The lowest BCUT2D eigenvalue weighted by Crippen LogP contribution is -3.15. The Morgan fingerprint density at radius 2 is 1.76 bits per heavy atom.